The van der Waals surface area contributed by atoms with Gasteiger partial charge in [-0.15, -0.1) is 0 Å². The summed E-state index contributed by atoms with van der Waals surface area (Å²) in [6, 6.07) is 0. The van der Waals surface area contributed by atoms with Gasteiger partial charge in [0.25, 0.3) is 0 Å². The Morgan fingerprint density at radius 3 is 1.67 bits per heavy atom. The van der Waals surface area contributed by atoms with Gasteiger partial charge in [0.15, 0.2) is 0 Å². The first-order valence-electron chi connectivity index (χ1n) is 2.74. The van der Waals surface area contributed by atoms with E-state index in [1.54, 1.807) is 0 Å². The fraction of sp³-hybridized carbons (Fsp3) is 0. The SMILES string of the molecule is C1=CC2=CC=CC2=C1.[Zr]. The van der Waals surface area contributed by atoms with E-state index in [2.05, 4.69) is 36.5 Å². The fourth-order valence-electron chi connectivity index (χ4n) is 1.01. The van der Waals surface area contributed by atoms with Gasteiger partial charge < -0.3 is 0 Å². The molecule has 2 rings (SSSR count). The van der Waals surface area contributed by atoms with E-state index in [9.17, 15) is 0 Å². The van der Waals surface area contributed by atoms with E-state index in [1.165, 1.54) is 11.1 Å². The zero-order valence-corrected chi connectivity index (χ0v) is 7.42. The predicted molar refractivity (Wildman–Crippen MR) is 34.4 cm³/mol. The Labute approximate surface area is 73.8 Å². The van der Waals surface area contributed by atoms with Gasteiger partial charge in [0, 0.05) is 26.2 Å². The third kappa shape index (κ3) is 1.07. The quantitative estimate of drug-likeness (QED) is 0.552. The van der Waals surface area contributed by atoms with Crippen LogP contribution in [0.4, 0.5) is 0 Å². The summed E-state index contributed by atoms with van der Waals surface area (Å²) in [4.78, 5) is 0. The van der Waals surface area contributed by atoms with Crippen molar-refractivity contribution in [2.75, 3.05) is 0 Å². The molecule has 0 N–H and O–H groups in total. The largest absolute Gasteiger partial charge is 0.0610 e. The van der Waals surface area contributed by atoms with E-state index in [1.807, 2.05) is 0 Å². The molecule has 9 heavy (non-hydrogen) atoms. The van der Waals surface area contributed by atoms with Crippen molar-refractivity contribution in [1.29, 1.82) is 0 Å². The van der Waals surface area contributed by atoms with Crippen molar-refractivity contribution in [2.24, 2.45) is 0 Å². The van der Waals surface area contributed by atoms with Crippen LogP contribution in [0.5, 0.6) is 0 Å². The van der Waals surface area contributed by atoms with Crippen molar-refractivity contribution in [1.82, 2.24) is 0 Å². The van der Waals surface area contributed by atoms with E-state index in [4.69, 9.17) is 0 Å². The summed E-state index contributed by atoms with van der Waals surface area (Å²) in [5.74, 6) is 0. The molecule has 2 aliphatic carbocycles. The van der Waals surface area contributed by atoms with Gasteiger partial charge in [-0.1, -0.05) is 36.5 Å². The summed E-state index contributed by atoms with van der Waals surface area (Å²) in [5, 5.41) is 0. The molecule has 0 unspecified atom stereocenters. The average molecular weight is 193 g/mol. The van der Waals surface area contributed by atoms with Crippen LogP contribution >= 0.6 is 0 Å². The Bertz CT molecular complexity index is 203. The average Bonchev–Trinajstić information content (AvgIpc) is 2.15. The Morgan fingerprint density at radius 1 is 0.778 bits per heavy atom. The molecule has 0 radical (unpaired) electrons. The smallest absolute Gasteiger partial charge is 0 e. The molecule has 0 aromatic carbocycles. The maximum absolute atomic E-state index is 2.12. The van der Waals surface area contributed by atoms with Gasteiger partial charge in [-0.3, -0.25) is 0 Å². The normalized spacial score (nSPS) is 18.7. The molecule has 0 aromatic rings. The molecule has 0 bridgehead atoms. The van der Waals surface area contributed by atoms with Crippen LogP contribution in [0.25, 0.3) is 0 Å². The monoisotopic (exact) mass is 192 g/mol. The van der Waals surface area contributed by atoms with Gasteiger partial charge in [0.1, 0.15) is 0 Å². The van der Waals surface area contributed by atoms with Crippen LogP contribution in [-0.2, 0) is 26.2 Å². The van der Waals surface area contributed by atoms with E-state index in [0.717, 1.165) is 0 Å². The summed E-state index contributed by atoms with van der Waals surface area (Å²) in [5.41, 5.74) is 2.70. The van der Waals surface area contributed by atoms with Crippen LogP contribution in [0, 0.1) is 0 Å². The first-order chi connectivity index (χ1) is 3.97. The molecule has 0 saturated heterocycles. The van der Waals surface area contributed by atoms with Crippen molar-refractivity contribution in [3.63, 3.8) is 0 Å². The molecule has 42 valence electrons. The minimum atomic E-state index is 0. The molecule has 0 spiro atoms. The number of hydrogen-bond acceptors (Lipinski definition) is 0. The molecule has 2 aliphatic rings. The van der Waals surface area contributed by atoms with Gasteiger partial charge >= 0.3 is 0 Å². The second-order valence-electron chi connectivity index (χ2n) is 1.96. The number of allylic oxidation sites excluding steroid dienone is 8. The fourth-order valence-corrected chi connectivity index (χ4v) is 1.01. The van der Waals surface area contributed by atoms with E-state index in [-0.39, 0.29) is 26.2 Å². The third-order valence-electron chi connectivity index (χ3n) is 1.44. The zero-order valence-electron chi connectivity index (χ0n) is 4.96. The predicted octanol–water partition coefficient (Wildman–Crippen LogP) is 1.98. The van der Waals surface area contributed by atoms with Gasteiger partial charge in [0.05, 0.1) is 0 Å². The van der Waals surface area contributed by atoms with Gasteiger partial charge in [-0.2, -0.15) is 0 Å². The molecular formula is C8H6Zr. The third-order valence-corrected chi connectivity index (χ3v) is 1.44. The summed E-state index contributed by atoms with van der Waals surface area (Å²) >= 11 is 0. The van der Waals surface area contributed by atoms with Crippen LogP contribution in [0.3, 0.4) is 0 Å². The molecule has 0 aromatic heterocycles. The Morgan fingerprint density at radius 2 is 1.22 bits per heavy atom. The minimum Gasteiger partial charge on any atom is -0.0610 e. The Balaban J connectivity index is 0.000000405. The van der Waals surface area contributed by atoms with Crippen molar-refractivity contribution < 1.29 is 26.2 Å². The molecule has 0 saturated carbocycles. The standard InChI is InChI=1S/C8H6.Zr/c1-3-7-5-2-6-8(7)4-1;/h1-6H;. The van der Waals surface area contributed by atoms with E-state index < -0.39 is 0 Å². The van der Waals surface area contributed by atoms with Gasteiger partial charge in [-0.05, 0) is 11.1 Å². The zero-order chi connectivity index (χ0) is 5.40. The molecule has 0 amide bonds. The summed E-state index contributed by atoms with van der Waals surface area (Å²) in [6.07, 6.45) is 12.6. The van der Waals surface area contributed by atoms with Crippen molar-refractivity contribution in [3.8, 4) is 0 Å². The molecule has 0 nitrogen and oxygen atoms in total. The Kier molecular flexibility index (Phi) is 2.02. The number of hydrogen-bond donors (Lipinski definition) is 0. The second kappa shape index (κ2) is 2.62. The van der Waals surface area contributed by atoms with Crippen LogP contribution in [0.1, 0.15) is 0 Å². The molecule has 1 heteroatoms. The molecule has 0 heterocycles. The molecular weight excluding hydrogens is 187 g/mol. The van der Waals surface area contributed by atoms with E-state index >= 15 is 0 Å². The number of rotatable bonds is 0. The van der Waals surface area contributed by atoms with Crippen molar-refractivity contribution in [2.45, 2.75) is 0 Å². The topological polar surface area (TPSA) is 0 Å². The summed E-state index contributed by atoms with van der Waals surface area (Å²) in [7, 11) is 0. The van der Waals surface area contributed by atoms with Crippen LogP contribution < -0.4 is 0 Å². The maximum Gasteiger partial charge on any atom is 0 e. The minimum absolute atomic E-state index is 0. The first kappa shape index (κ1) is 6.96. The van der Waals surface area contributed by atoms with Crippen molar-refractivity contribution in [3.05, 3.63) is 47.6 Å². The maximum atomic E-state index is 2.12. The first-order valence-corrected chi connectivity index (χ1v) is 2.74. The van der Waals surface area contributed by atoms with E-state index in [0.29, 0.717) is 0 Å². The van der Waals surface area contributed by atoms with Crippen LogP contribution in [0.15, 0.2) is 47.6 Å². The van der Waals surface area contributed by atoms with Crippen molar-refractivity contribution >= 4 is 0 Å². The Hall–Kier alpha value is -0.157. The molecule has 0 fully saturated rings. The van der Waals surface area contributed by atoms with Crippen LogP contribution in [-0.4, -0.2) is 0 Å². The van der Waals surface area contributed by atoms with Crippen LogP contribution in [0.2, 0.25) is 0 Å². The van der Waals surface area contributed by atoms with Gasteiger partial charge in [-0.25, -0.2) is 0 Å². The summed E-state index contributed by atoms with van der Waals surface area (Å²) in [6.45, 7) is 0. The second-order valence-corrected chi connectivity index (χ2v) is 1.96. The van der Waals surface area contributed by atoms with Gasteiger partial charge in [0.2, 0.25) is 0 Å². The summed E-state index contributed by atoms with van der Waals surface area (Å²) < 4.78 is 0. The molecule has 0 aliphatic heterocycles. The number of fused-ring (bicyclic) bond motifs is 1. The molecule has 0 atom stereocenters.